The van der Waals surface area contributed by atoms with Crippen molar-refractivity contribution < 1.29 is 14.3 Å². The van der Waals surface area contributed by atoms with Gasteiger partial charge in [0.2, 0.25) is 0 Å². The lowest BCUT2D eigenvalue weighted by Gasteiger charge is -2.12. The predicted octanol–water partition coefficient (Wildman–Crippen LogP) is 3.72. The maximum absolute atomic E-state index is 11.2. The average molecular weight is 292 g/mol. The molecule has 4 nitrogen and oxygen atoms in total. The van der Waals surface area contributed by atoms with Gasteiger partial charge in [0, 0.05) is 5.02 Å². The van der Waals surface area contributed by atoms with Gasteiger partial charge >= 0.3 is 5.97 Å². The number of methoxy groups -OCH3 is 1. The third-order valence-corrected chi connectivity index (χ3v) is 2.80. The SMILES string of the molecule is COC(=O)CNc1cc(Cl)ccc1Oc1ccccc1. The Morgan fingerprint density at radius 2 is 1.95 bits per heavy atom. The number of carbonyl (C=O) groups is 1. The van der Waals surface area contributed by atoms with E-state index in [9.17, 15) is 4.79 Å². The number of anilines is 1. The number of hydrogen-bond donors (Lipinski definition) is 1. The topological polar surface area (TPSA) is 47.6 Å². The fraction of sp³-hybridized carbons (Fsp3) is 0.133. The summed E-state index contributed by atoms with van der Waals surface area (Å²) in [5.74, 6) is 0.927. The molecule has 0 radical (unpaired) electrons. The average Bonchev–Trinajstić information content (AvgIpc) is 2.48. The molecule has 0 fully saturated rings. The number of halogens is 1. The fourth-order valence-electron chi connectivity index (χ4n) is 1.58. The lowest BCUT2D eigenvalue weighted by molar-refractivity contribution is -0.138. The largest absolute Gasteiger partial charge is 0.468 e. The normalized spacial score (nSPS) is 9.90. The summed E-state index contributed by atoms with van der Waals surface area (Å²) in [4.78, 5) is 11.2. The Balaban J connectivity index is 2.17. The van der Waals surface area contributed by atoms with E-state index < -0.39 is 0 Å². The van der Waals surface area contributed by atoms with Gasteiger partial charge in [-0.25, -0.2) is 0 Å². The Bertz CT molecular complexity index is 587. The first-order valence-corrected chi connectivity index (χ1v) is 6.40. The van der Waals surface area contributed by atoms with E-state index in [-0.39, 0.29) is 12.5 Å². The molecule has 0 aliphatic rings. The van der Waals surface area contributed by atoms with Gasteiger partial charge in [-0.15, -0.1) is 0 Å². The second-order valence-electron chi connectivity index (χ2n) is 3.99. The Morgan fingerprint density at radius 1 is 1.20 bits per heavy atom. The highest BCUT2D eigenvalue weighted by Crippen LogP contribution is 2.31. The minimum absolute atomic E-state index is 0.0436. The van der Waals surface area contributed by atoms with E-state index in [2.05, 4.69) is 10.1 Å². The first-order chi connectivity index (χ1) is 9.69. The molecule has 0 bridgehead atoms. The fourth-order valence-corrected chi connectivity index (χ4v) is 1.76. The number of para-hydroxylation sites is 1. The zero-order chi connectivity index (χ0) is 14.4. The van der Waals surface area contributed by atoms with Crippen LogP contribution >= 0.6 is 11.6 Å². The monoisotopic (exact) mass is 291 g/mol. The van der Waals surface area contributed by atoms with Crippen LogP contribution in [0, 0.1) is 0 Å². The lowest BCUT2D eigenvalue weighted by Crippen LogP contribution is -2.15. The zero-order valence-corrected chi connectivity index (χ0v) is 11.7. The Labute approximate surface area is 122 Å². The molecule has 2 aromatic carbocycles. The molecular formula is C15H14ClNO3. The first kappa shape index (κ1) is 14.2. The van der Waals surface area contributed by atoms with Crippen molar-refractivity contribution in [2.24, 2.45) is 0 Å². The van der Waals surface area contributed by atoms with E-state index in [1.807, 2.05) is 30.3 Å². The van der Waals surface area contributed by atoms with Crippen molar-refractivity contribution in [2.45, 2.75) is 0 Å². The van der Waals surface area contributed by atoms with Crippen LogP contribution in [0.25, 0.3) is 0 Å². The molecule has 0 heterocycles. The zero-order valence-electron chi connectivity index (χ0n) is 10.9. The molecule has 0 atom stereocenters. The molecule has 2 rings (SSSR count). The van der Waals surface area contributed by atoms with Crippen LogP contribution in [0.5, 0.6) is 11.5 Å². The van der Waals surface area contributed by atoms with Crippen LogP contribution in [-0.4, -0.2) is 19.6 Å². The van der Waals surface area contributed by atoms with Crippen molar-refractivity contribution in [1.29, 1.82) is 0 Å². The van der Waals surface area contributed by atoms with E-state index in [4.69, 9.17) is 16.3 Å². The van der Waals surface area contributed by atoms with Gasteiger partial charge in [-0.05, 0) is 30.3 Å². The second-order valence-corrected chi connectivity index (χ2v) is 4.42. The molecule has 0 amide bonds. The van der Waals surface area contributed by atoms with Crippen molar-refractivity contribution in [3.63, 3.8) is 0 Å². The van der Waals surface area contributed by atoms with E-state index in [0.29, 0.717) is 22.2 Å². The maximum Gasteiger partial charge on any atom is 0.325 e. The highest BCUT2D eigenvalue weighted by molar-refractivity contribution is 6.30. The van der Waals surface area contributed by atoms with Gasteiger partial charge in [-0.1, -0.05) is 29.8 Å². The van der Waals surface area contributed by atoms with Crippen LogP contribution in [0.15, 0.2) is 48.5 Å². The third-order valence-electron chi connectivity index (χ3n) is 2.56. The maximum atomic E-state index is 11.2. The molecule has 0 aromatic heterocycles. The molecule has 0 spiro atoms. The summed E-state index contributed by atoms with van der Waals surface area (Å²) < 4.78 is 10.3. The van der Waals surface area contributed by atoms with E-state index in [1.54, 1.807) is 18.2 Å². The molecule has 0 saturated heterocycles. The van der Waals surface area contributed by atoms with Crippen LogP contribution in [0.3, 0.4) is 0 Å². The predicted molar refractivity (Wildman–Crippen MR) is 78.5 cm³/mol. The summed E-state index contributed by atoms with van der Waals surface area (Å²) in [5.41, 5.74) is 0.631. The van der Waals surface area contributed by atoms with E-state index in [0.717, 1.165) is 0 Å². The summed E-state index contributed by atoms with van der Waals surface area (Å²) in [6, 6.07) is 14.5. The lowest BCUT2D eigenvalue weighted by atomic mass is 10.3. The number of rotatable bonds is 5. The summed E-state index contributed by atoms with van der Waals surface area (Å²) in [7, 11) is 1.34. The smallest absolute Gasteiger partial charge is 0.325 e. The molecule has 0 aliphatic heterocycles. The minimum atomic E-state index is -0.365. The molecule has 1 N–H and O–H groups in total. The molecule has 20 heavy (non-hydrogen) atoms. The van der Waals surface area contributed by atoms with Crippen molar-refractivity contribution in [1.82, 2.24) is 0 Å². The van der Waals surface area contributed by atoms with Gasteiger partial charge in [0.25, 0.3) is 0 Å². The quantitative estimate of drug-likeness (QED) is 0.853. The standard InChI is InChI=1S/C15H14ClNO3/c1-19-15(18)10-17-13-9-11(16)7-8-14(13)20-12-5-3-2-4-6-12/h2-9,17H,10H2,1H3. The number of carbonyl (C=O) groups excluding carboxylic acids is 1. The van der Waals surface area contributed by atoms with Crippen LogP contribution < -0.4 is 10.1 Å². The molecule has 104 valence electrons. The summed E-state index contributed by atoms with van der Waals surface area (Å²) in [6.07, 6.45) is 0. The number of benzene rings is 2. The van der Waals surface area contributed by atoms with Gasteiger partial charge in [0.15, 0.2) is 5.75 Å². The van der Waals surface area contributed by atoms with Crippen molar-refractivity contribution >= 4 is 23.3 Å². The summed E-state index contributed by atoms with van der Waals surface area (Å²) in [5, 5.41) is 3.49. The van der Waals surface area contributed by atoms with Crippen molar-refractivity contribution in [2.75, 3.05) is 19.0 Å². The molecule has 2 aromatic rings. The van der Waals surface area contributed by atoms with Gasteiger partial charge < -0.3 is 14.8 Å². The highest BCUT2D eigenvalue weighted by Gasteiger charge is 2.08. The number of esters is 1. The first-order valence-electron chi connectivity index (χ1n) is 6.02. The molecule has 0 unspecified atom stereocenters. The van der Waals surface area contributed by atoms with Crippen LogP contribution in [0.4, 0.5) is 5.69 Å². The third kappa shape index (κ3) is 3.90. The Morgan fingerprint density at radius 3 is 2.65 bits per heavy atom. The van der Waals surface area contributed by atoms with E-state index >= 15 is 0 Å². The van der Waals surface area contributed by atoms with Gasteiger partial charge in [0.05, 0.1) is 12.8 Å². The van der Waals surface area contributed by atoms with Crippen molar-refractivity contribution in [3.05, 3.63) is 53.6 Å². The second kappa shape index (κ2) is 6.82. The Hall–Kier alpha value is -2.20. The molecule has 5 heteroatoms. The molecular weight excluding hydrogens is 278 g/mol. The Kier molecular flexibility index (Phi) is 4.85. The van der Waals surface area contributed by atoms with Gasteiger partial charge in [0.1, 0.15) is 12.3 Å². The highest BCUT2D eigenvalue weighted by atomic mass is 35.5. The minimum Gasteiger partial charge on any atom is -0.468 e. The number of ether oxygens (including phenoxy) is 2. The molecule has 0 saturated carbocycles. The van der Waals surface area contributed by atoms with Crippen LogP contribution in [-0.2, 0) is 9.53 Å². The van der Waals surface area contributed by atoms with Crippen molar-refractivity contribution in [3.8, 4) is 11.5 Å². The van der Waals surface area contributed by atoms with Crippen LogP contribution in [0.1, 0.15) is 0 Å². The summed E-state index contributed by atoms with van der Waals surface area (Å²) >= 11 is 5.96. The van der Waals surface area contributed by atoms with E-state index in [1.165, 1.54) is 7.11 Å². The van der Waals surface area contributed by atoms with Gasteiger partial charge in [-0.3, -0.25) is 4.79 Å². The summed E-state index contributed by atoms with van der Waals surface area (Å²) in [6.45, 7) is 0.0436. The number of nitrogens with one attached hydrogen (secondary N) is 1. The van der Waals surface area contributed by atoms with Crippen LogP contribution in [0.2, 0.25) is 5.02 Å². The van der Waals surface area contributed by atoms with Gasteiger partial charge in [-0.2, -0.15) is 0 Å². The number of hydrogen-bond acceptors (Lipinski definition) is 4. The molecule has 0 aliphatic carbocycles.